The van der Waals surface area contributed by atoms with Crippen LogP contribution in [0.5, 0.6) is 11.8 Å². The molecule has 33 heavy (non-hydrogen) atoms. The smallest absolute Gasteiger partial charge is 0.410 e. The van der Waals surface area contributed by atoms with Crippen molar-refractivity contribution in [1.29, 1.82) is 0 Å². The number of hydrogen-bond donors (Lipinski definition) is 0. The number of rotatable bonds is 7. The zero-order valence-electron chi connectivity index (χ0n) is 19.1. The van der Waals surface area contributed by atoms with Gasteiger partial charge in [0.25, 0.3) is 0 Å². The maximum absolute atomic E-state index is 12.4. The van der Waals surface area contributed by atoms with Gasteiger partial charge in [0.15, 0.2) is 0 Å². The minimum Gasteiger partial charge on any atom is -0.474 e. The van der Waals surface area contributed by atoms with E-state index < -0.39 is 11.9 Å². The summed E-state index contributed by atoms with van der Waals surface area (Å²) in [6, 6.07) is 0. The van der Waals surface area contributed by atoms with Crippen LogP contribution in [0.15, 0.2) is 6.33 Å². The minimum absolute atomic E-state index is 0.0801. The first-order chi connectivity index (χ1) is 15.6. The largest absolute Gasteiger partial charge is 0.474 e. The second-order valence-corrected chi connectivity index (χ2v) is 9.54. The zero-order chi connectivity index (χ0) is 24.0. The average molecular weight is 493 g/mol. The summed E-state index contributed by atoms with van der Waals surface area (Å²) >= 11 is 0.817. The molecule has 0 N–H and O–H groups in total. The molecule has 0 bridgehead atoms. The van der Waals surface area contributed by atoms with Gasteiger partial charge in [-0.1, -0.05) is 11.9 Å². The molecule has 8 nitrogen and oxygen atoms in total. The molecule has 2 fully saturated rings. The first-order valence-electron chi connectivity index (χ1n) is 11.2. The van der Waals surface area contributed by atoms with Gasteiger partial charge in [-0.15, -0.1) is 0 Å². The maximum atomic E-state index is 12.4. The third-order valence-electron chi connectivity index (χ3n) is 5.40. The number of ether oxygens (including phenoxy) is 3. The third-order valence-corrected chi connectivity index (χ3v) is 6.58. The van der Waals surface area contributed by atoms with Crippen LogP contribution in [0.4, 0.5) is 18.0 Å². The quantitative estimate of drug-likeness (QED) is 0.524. The van der Waals surface area contributed by atoms with Crippen molar-refractivity contribution in [2.45, 2.75) is 70.9 Å². The van der Waals surface area contributed by atoms with Gasteiger partial charge in [-0.05, 0) is 33.6 Å². The molecule has 0 spiro atoms. The van der Waals surface area contributed by atoms with Gasteiger partial charge < -0.3 is 19.1 Å². The number of alkyl halides is 3. The van der Waals surface area contributed by atoms with E-state index in [1.807, 2.05) is 20.8 Å². The fraction of sp³-hybridized carbons (Fsp3) is 0.762. The lowest BCUT2D eigenvalue weighted by atomic mass is 10.1. The predicted molar refractivity (Wildman–Crippen MR) is 117 cm³/mol. The Morgan fingerprint density at radius 1 is 1.06 bits per heavy atom. The normalized spacial score (nSPS) is 19.1. The summed E-state index contributed by atoms with van der Waals surface area (Å²) in [4.78, 5) is 22.2. The number of piperidine rings is 2. The molecular formula is C21H31F3N4O4S. The lowest BCUT2D eigenvalue weighted by Crippen LogP contribution is -2.42. The Bertz CT molecular complexity index is 783. The molecule has 0 aliphatic carbocycles. The van der Waals surface area contributed by atoms with E-state index in [1.54, 1.807) is 9.21 Å². The Labute approximate surface area is 196 Å². The fourth-order valence-corrected chi connectivity index (χ4v) is 4.45. The lowest BCUT2D eigenvalue weighted by Gasteiger charge is -2.32. The van der Waals surface area contributed by atoms with Gasteiger partial charge in [0.2, 0.25) is 11.8 Å². The standard InChI is InChI=1S/C21H31F3N4O4S/c1-14(2)30-20(29)27-8-4-16(5-9-27)31-18-15(3)19(26-13-25-18)32-17-6-10-28(11-7-17)33-12-21(22,23)24/h13-14,16-17H,4-12H2,1-3H3. The molecule has 2 saturated heterocycles. The van der Waals surface area contributed by atoms with Crippen LogP contribution in [0.2, 0.25) is 0 Å². The van der Waals surface area contributed by atoms with Crippen molar-refractivity contribution >= 4 is 18.0 Å². The topological polar surface area (TPSA) is 77.0 Å². The second kappa shape index (κ2) is 11.5. The summed E-state index contributed by atoms with van der Waals surface area (Å²) in [6.45, 7) is 7.62. The van der Waals surface area contributed by atoms with Crippen molar-refractivity contribution in [3.05, 3.63) is 11.9 Å². The number of nitrogens with zero attached hydrogens (tertiary/aromatic N) is 4. The van der Waals surface area contributed by atoms with Gasteiger partial charge in [0, 0.05) is 39.0 Å². The van der Waals surface area contributed by atoms with Crippen molar-refractivity contribution in [3.63, 3.8) is 0 Å². The molecule has 3 rings (SSSR count). The molecule has 186 valence electrons. The van der Waals surface area contributed by atoms with Gasteiger partial charge in [0.1, 0.15) is 24.3 Å². The van der Waals surface area contributed by atoms with Crippen LogP contribution in [-0.2, 0) is 4.74 Å². The van der Waals surface area contributed by atoms with Crippen LogP contribution >= 0.6 is 11.9 Å². The molecule has 2 aliphatic rings. The van der Waals surface area contributed by atoms with E-state index in [9.17, 15) is 18.0 Å². The fourth-order valence-electron chi connectivity index (χ4n) is 3.65. The molecule has 3 heterocycles. The van der Waals surface area contributed by atoms with E-state index >= 15 is 0 Å². The summed E-state index contributed by atoms with van der Waals surface area (Å²) in [7, 11) is 0. The molecule has 1 aromatic rings. The van der Waals surface area contributed by atoms with Crippen molar-refractivity contribution in [3.8, 4) is 11.8 Å². The molecule has 0 unspecified atom stereocenters. The van der Waals surface area contributed by atoms with Gasteiger partial charge in [-0.2, -0.15) is 13.2 Å². The zero-order valence-corrected chi connectivity index (χ0v) is 20.0. The average Bonchev–Trinajstić information content (AvgIpc) is 2.75. The molecule has 12 heteroatoms. The van der Waals surface area contributed by atoms with E-state index in [0.717, 1.165) is 11.9 Å². The van der Waals surface area contributed by atoms with Gasteiger partial charge in [0.05, 0.1) is 11.7 Å². The molecule has 1 amide bonds. The Balaban J connectivity index is 1.47. The van der Waals surface area contributed by atoms with E-state index in [4.69, 9.17) is 14.2 Å². The highest BCUT2D eigenvalue weighted by Crippen LogP contribution is 2.30. The van der Waals surface area contributed by atoms with Crippen molar-refractivity contribution < 1.29 is 32.2 Å². The Morgan fingerprint density at radius 3 is 2.06 bits per heavy atom. The number of carbonyl (C=O) groups excluding carboxylic acids is 1. The highest BCUT2D eigenvalue weighted by molar-refractivity contribution is 7.97. The van der Waals surface area contributed by atoms with Crippen molar-refractivity contribution in [1.82, 2.24) is 19.2 Å². The molecule has 0 atom stereocenters. The molecule has 2 aliphatic heterocycles. The maximum Gasteiger partial charge on any atom is 0.410 e. The van der Waals surface area contributed by atoms with Gasteiger partial charge >= 0.3 is 12.3 Å². The summed E-state index contributed by atoms with van der Waals surface area (Å²) in [5, 5.41) is 0. The van der Waals surface area contributed by atoms with Gasteiger partial charge in [-0.3, -0.25) is 4.31 Å². The van der Waals surface area contributed by atoms with E-state index in [0.29, 0.717) is 69.2 Å². The monoisotopic (exact) mass is 492 g/mol. The lowest BCUT2D eigenvalue weighted by molar-refractivity contribution is -0.105. The number of likely N-dealkylation sites (tertiary alicyclic amines) is 1. The summed E-state index contributed by atoms with van der Waals surface area (Å²) < 4.78 is 56.3. The molecule has 0 radical (unpaired) electrons. The van der Waals surface area contributed by atoms with Crippen molar-refractivity contribution in [2.24, 2.45) is 0 Å². The number of halogens is 3. The van der Waals surface area contributed by atoms with Crippen molar-refractivity contribution in [2.75, 3.05) is 31.9 Å². The first-order valence-corrected chi connectivity index (χ1v) is 12.1. The Hall–Kier alpha value is -1.95. The summed E-state index contributed by atoms with van der Waals surface area (Å²) in [5.74, 6) is 0.00273. The molecule has 0 aromatic carbocycles. The summed E-state index contributed by atoms with van der Waals surface area (Å²) in [6.07, 6.45) is -0.860. The van der Waals surface area contributed by atoms with E-state index in [1.165, 1.54) is 6.33 Å². The number of hydrogen-bond acceptors (Lipinski definition) is 8. The van der Waals surface area contributed by atoms with E-state index in [-0.39, 0.29) is 24.4 Å². The number of carbonyl (C=O) groups is 1. The molecule has 1 aromatic heterocycles. The van der Waals surface area contributed by atoms with Gasteiger partial charge in [-0.25, -0.2) is 14.8 Å². The predicted octanol–water partition coefficient (Wildman–Crippen LogP) is 4.23. The highest BCUT2D eigenvalue weighted by atomic mass is 32.2. The van der Waals surface area contributed by atoms with Crippen LogP contribution in [-0.4, -0.2) is 81.7 Å². The van der Waals surface area contributed by atoms with E-state index in [2.05, 4.69) is 9.97 Å². The van der Waals surface area contributed by atoms with Crippen LogP contribution in [0.1, 0.15) is 45.1 Å². The first kappa shape index (κ1) is 25.7. The minimum atomic E-state index is -4.17. The number of amides is 1. The Morgan fingerprint density at radius 2 is 1.58 bits per heavy atom. The molecule has 0 saturated carbocycles. The molecular weight excluding hydrogens is 461 g/mol. The van der Waals surface area contributed by atoms with Crippen LogP contribution in [0.3, 0.4) is 0 Å². The second-order valence-electron chi connectivity index (χ2n) is 8.48. The highest BCUT2D eigenvalue weighted by Gasteiger charge is 2.31. The third kappa shape index (κ3) is 8.09. The Kier molecular flexibility index (Phi) is 8.91. The number of aromatic nitrogens is 2. The SMILES string of the molecule is Cc1c(OC2CCN(SCC(F)(F)F)CC2)ncnc1OC1CCN(C(=O)OC(C)C)CC1. The van der Waals surface area contributed by atoms with Crippen LogP contribution < -0.4 is 9.47 Å². The summed E-state index contributed by atoms with van der Waals surface area (Å²) in [5.41, 5.74) is 0.688. The van der Waals surface area contributed by atoms with Crippen LogP contribution in [0, 0.1) is 6.92 Å². The van der Waals surface area contributed by atoms with Crippen LogP contribution in [0.25, 0.3) is 0 Å².